The maximum absolute atomic E-state index is 12.1. The molecule has 1 heterocycles. The number of hydrogen-bond acceptors (Lipinski definition) is 5. The first-order valence-electron chi connectivity index (χ1n) is 10.4. The molecule has 0 amide bonds. The zero-order valence-corrected chi connectivity index (χ0v) is 19.6. The summed E-state index contributed by atoms with van der Waals surface area (Å²) in [5.41, 5.74) is 1.13. The number of halogens is 1. The summed E-state index contributed by atoms with van der Waals surface area (Å²) in [4.78, 5) is 2.10. The van der Waals surface area contributed by atoms with Crippen LogP contribution in [-0.2, 0) is 16.4 Å². The molecule has 0 saturated carbocycles. The van der Waals surface area contributed by atoms with Gasteiger partial charge in [0.25, 0.3) is 0 Å². The number of aliphatic hydroxyl groups excluding tert-OH is 1. The summed E-state index contributed by atoms with van der Waals surface area (Å²) < 4.78 is 30.9. The predicted octanol–water partition coefficient (Wildman–Crippen LogP) is 4.03. The lowest BCUT2D eigenvalue weighted by molar-refractivity contribution is 0.0524. The van der Waals surface area contributed by atoms with E-state index in [0.29, 0.717) is 25.3 Å². The summed E-state index contributed by atoms with van der Waals surface area (Å²) in [6, 6.07) is 21.7. The van der Waals surface area contributed by atoms with E-state index < -0.39 is 15.9 Å². The van der Waals surface area contributed by atoms with Gasteiger partial charge in [0, 0.05) is 19.1 Å². The van der Waals surface area contributed by atoms with Gasteiger partial charge in [-0.05, 0) is 50.8 Å². The van der Waals surface area contributed by atoms with E-state index >= 15 is 0 Å². The third-order valence-electron chi connectivity index (χ3n) is 5.69. The van der Waals surface area contributed by atoms with Gasteiger partial charge in [-0.25, -0.2) is 8.42 Å². The average Bonchev–Trinajstić information content (AvgIpc) is 3.12. The highest BCUT2D eigenvalue weighted by Crippen LogP contribution is 2.26. The molecule has 1 aliphatic heterocycles. The highest BCUT2D eigenvalue weighted by Gasteiger charge is 2.33. The van der Waals surface area contributed by atoms with Crippen molar-refractivity contribution in [2.24, 2.45) is 0 Å². The molecule has 3 aromatic carbocycles. The first-order chi connectivity index (χ1) is 14.9. The quantitative estimate of drug-likeness (QED) is 0.502. The monoisotopic (exact) mass is 503 g/mol. The van der Waals surface area contributed by atoms with Gasteiger partial charge in [0.05, 0.1) is 16.0 Å². The van der Waals surface area contributed by atoms with Gasteiger partial charge in [0.2, 0.25) is 0 Å². The smallest absolute Gasteiger partial charge is 0.151 e. The fourth-order valence-corrected chi connectivity index (χ4v) is 6.29. The van der Waals surface area contributed by atoms with Crippen molar-refractivity contribution in [3.8, 4) is 5.75 Å². The number of benzene rings is 3. The van der Waals surface area contributed by atoms with E-state index in [1.807, 2.05) is 42.5 Å². The van der Waals surface area contributed by atoms with Crippen LogP contribution in [0.25, 0.3) is 10.8 Å². The second-order valence-electron chi connectivity index (χ2n) is 8.02. The average molecular weight is 504 g/mol. The number of aliphatic hydroxyl groups is 1. The van der Waals surface area contributed by atoms with Crippen molar-refractivity contribution in [3.05, 3.63) is 76.8 Å². The van der Waals surface area contributed by atoms with Crippen LogP contribution in [0.1, 0.15) is 12.0 Å². The Balaban J connectivity index is 1.51. The topological polar surface area (TPSA) is 66.8 Å². The van der Waals surface area contributed by atoms with E-state index in [-0.39, 0.29) is 24.2 Å². The second-order valence-corrected chi connectivity index (χ2v) is 11.1. The Labute approximate surface area is 191 Å². The molecule has 0 bridgehead atoms. The summed E-state index contributed by atoms with van der Waals surface area (Å²) >= 11 is 3.45. The number of fused-ring (bicyclic) bond motifs is 1. The van der Waals surface area contributed by atoms with Gasteiger partial charge in [-0.1, -0.05) is 54.6 Å². The summed E-state index contributed by atoms with van der Waals surface area (Å²) in [6.07, 6.45) is -0.157. The highest BCUT2D eigenvalue weighted by molar-refractivity contribution is 9.10. The van der Waals surface area contributed by atoms with Crippen molar-refractivity contribution in [1.29, 1.82) is 0 Å². The highest BCUT2D eigenvalue weighted by atomic mass is 79.9. The molecule has 0 radical (unpaired) electrons. The van der Waals surface area contributed by atoms with Gasteiger partial charge in [0.1, 0.15) is 18.5 Å². The second kappa shape index (κ2) is 9.69. The Morgan fingerprint density at radius 1 is 1.06 bits per heavy atom. The van der Waals surface area contributed by atoms with Crippen molar-refractivity contribution in [3.63, 3.8) is 0 Å². The molecular weight excluding hydrogens is 478 g/mol. The van der Waals surface area contributed by atoms with Crippen molar-refractivity contribution in [2.45, 2.75) is 25.1 Å². The van der Waals surface area contributed by atoms with Crippen LogP contribution < -0.4 is 4.74 Å². The Morgan fingerprint density at radius 2 is 1.81 bits per heavy atom. The molecule has 2 unspecified atom stereocenters. The van der Waals surface area contributed by atoms with Crippen molar-refractivity contribution >= 4 is 36.5 Å². The molecule has 3 aromatic rings. The van der Waals surface area contributed by atoms with Crippen LogP contribution in [0.3, 0.4) is 0 Å². The van der Waals surface area contributed by atoms with E-state index in [0.717, 1.165) is 20.8 Å². The summed E-state index contributed by atoms with van der Waals surface area (Å²) in [5, 5.41) is 13.0. The molecule has 7 heteroatoms. The Hall–Kier alpha value is -1.93. The molecule has 0 aromatic heterocycles. The molecule has 2 atom stereocenters. The molecular formula is C24H26BrNO4S. The standard InChI is InChI=1S/C24H26BrNO4S/c25-23-10-3-4-11-24(23)30-16-21(27)15-26(20-12-13-31(28,29)17-20)14-19-8-5-7-18-6-1-2-9-22(18)19/h1-11,20-21,27H,12-17H2. The van der Waals surface area contributed by atoms with Crippen LogP contribution in [0, 0.1) is 0 Å². The van der Waals surface area contributed by atoms with Crippen molar-refractivity contribution in [1.82, 2.24) is 4.90 Å². The number of hydrogen-bond donors (Lipinski definition) is 1. The molecule has 5 nitrogen and oxygen atoms in total. The number of nitrogens with zero attached hydrogens (tertiary/aromatic N) is 1. The normalized spacial score (nSPS) is 19.0. The van der Waals surface area contributed by atoms with E-state index in [4.69, 9.17) is 4.74 Å². The van der Waals surface area contributed by atoms with Gasteiger partial charge in [-0.15, -0.1) is 0 Å². The van der Waals surface area contributed by atoms with Gasteiger partial charge in [-0.3, -0.25) is 4.90 Å². The fraction of sp³-hybridized carbons (Fsp3) is 0.333. The maximum Gasteiger partial charge on any atom is 0.151 e. The summed E-state index contributed by atoms with van der Waals surface area (Å²) in [5.74, 6) is 1.01. The van der Waals surface area contributed by atoms with Gasteiger partial charge < -0.3 is 9.84 Å². The Kier molecular flexibility index (Phi) is 6.96. The Morgan fingerprint density at radius 3 is 2.58 bits per heavy atom. The SMILES string of the molecule is O=S1(=O)CCC(N(Cc2cccc3ccccc23)CC(O)COc2ccccc2Br)C1. The maximum atomic E-state index is 12.1. The van der Waals surface area contributed by atoms with Crippen LogP contribution in [0.4, 0.5) is 0 Å². The summed E-state index contributed by atoms with van der Waals surface area (Å²) in [7, 11) is -3.03. The van der Waals surface area contributed by atoms with Crippen LogP contribution >= 0.6 is 15.9 Å². The first-order valence-corrected chi connectivity index (χ1v) is 13.0. The molecule has 31 heavy (non-hydrogen) atoms. The number of rotatable bonds is 8. The number of ether oxygens (including phenoxy) is 1. The van der Waals surface area contributed by atoms with Gasteiger partial charge in [-0.2, -0.15) is 0 Å². The third-order valence-corrected chi connectivity index (χ3v) is 8.10. The zero-order chi connectivity index (χ0) is 21.8. The lowest BCUT2D eigenvalue weighted by Crippen LogP contribution is -2.42. The molecule has 1 aliphatic rings. The predicted molar refractivity (Wildman–Crippen MR) is 127 cm³/mol. The van der Waals surface area contributed by atoms with E-state index in [2.05, 4.69) is 45.1 Å². The third kappa shape index (κ3) is 5.66. The van der Waals surface area contributed by atoms with Crippen LogP contribution in [0.2, 0.25) is 0 Å². The molecule has 0 spiro atoms. The van der Waals surface area contributed by atoms with E-state index in [1.54, 1.807) is 0 Å². The van der Waals surface area contributed by atoms with Gasteiger partial charge >= 0.3 is 0 Å². The van der Waals surface area contributed by atoms with E-state index in [1.165, 1.54) is 0 Å². The van der Waals surface area contributed by atoms with Crippen LogP contribution in [-0.4, -0.2) is 55.2 Å². The van der Waals surface area contributed by atoms with Crippen LogP contribution in [0.15, 0.2) is 71.2 Å². The minimum absolute atomic E-state index is 0.109. The van der Waals surface area contributed by atoms with Crippen molar-refractivity contribution < 1.29 is 18.3 Å². The summed E-state index contributed by atoms with van der Waals surface area (Å²) in [6.45, 7) is 1.05. The van der Waals surface area contributed by atoms with Crippen LogP contribution in [0.5, 0.6) is 5.75 Å². The minimum Gasteiger partial charge on any atom is -0.490 e. The first kappa shape index (κ1) is 22.3. The van der Waals surface area contributed by atoms with E-state index in [9.17, 15) is 13.5 Å². The molecule has 164 valence electrons. The van der Waals surface area contributed by atoms with Crippen molar-refractivity contribution in [2.75, 3.05) is 24.7 Å². The fourth-order valence-electron chi connectivity index (χ4n) is 4.13. The molecule has 1 saturated heterocycles. The number of para-hydroxylation sites is 1. The molecule has 1 N–H and O–H groups in total. The Bertz CT molecular complexity index is 1150. The zero-order valence-electron chi connectivity index (χ0n) is 17.2. The largest absolute Gasteiger partial charge is 0.490 e. The lowest BCUT2D eigenvalue weighted by atomic mass is 10.0. The minimum atomic E-state index is -3.03. The lowest BCUT2D eigenvalue weighted by Gasteiger charge is -2.30. The number of sulfone groups is 1. The van der Waals surface area contributed by atoms with Gasteiger partial charge in [0.15, 0.2) is 9.84 Å². The molecule has 0 aliphatic carbocycles. The molecule has 1 fully saturated rings. The molecule has 4 rings (SSSR count).